The smallest absolute Gasteiger partial charge is 0.244 e. The lowest BCUT2D eigenvalue weighted by atomic mass is 10.2. The van der Waals surface area contributed by atoms with Gasteiger partial charge in [0.15, 0.2) is 0 Å². The third-order valence-corrected chi connectivity index (χ3v) is 6.94. The second kappa shape index (κ2) is 10.9. The zero-order valence-corrected chi connectivity index (χ0v) is 16.8. The summed E-state index contributed by atoms with van der Waals surface area (Å²) in [7, 11) is -1.86. The topological polar surface area (TPSA) is 88.6 Å². The summed E-state index contributed by atoms with van der Waals surface area (Å²) in [6.45, 7) is 2.33. The molecule has 0 aromatic carbocycles. The zero-order valence-electron chi connectivity index (χ0n) is 15.1. The van der Waals surface area contributed by atoms with Crippen LogP contribution < -0.4 is 5.32 Å². The zero-order chi connectivity index (χ0) is 18.8. The maximum absolute atomic E-state index is 12.7. The minimum absolute atomic E-state index is 0.0748. The van der Waals surface area contributed by atoms with Crippen molar-refractivity contribution in [2.24, 2.45) is 0 Å². The summed E-state index contributed by atoms with van der Waals surface area (Å²) in [5, 5.41) is 3.43. The lowest BCUT2D eigenvalue weighted by Crippen LogP contribution is -2.32. The third kappa shape index (κ3) is 6.53. The molecule has 0 radical (unpaired) electrons. The molecule has 0 unspecified atom stereocenters. The molecule has 1 aromatic heterocycles. The van der Waals surface area contributed by atoms with Gasteiger partial charge in [-0.25, -0.2) is 13.4 Å². The van der Waals surface area contributed by atoms with Gasteiger partial charge in [-0.3, -0.25) is 4.79 Å². The normalized spacial score (nSPS) is 16.2. The molecule has 146 valence electrons. The molecule has 2 rings (SSSR count). The second-order valence-corrected chi connectivity index (χ2v) is 9.07. The molecule has 1 amide bonds. The maximum Gasteiger partial charge on any atom is 0.244 e. The molecule has 26 heavy (non-hydrogen) atoms. The summed E-state index contributed by atoms with van der Waals surface area (Å²) in [4.78, 5) is 16.2. The lowest BCUT2D eigenvalue weighted by Gasteiger charge is -2.19. The average Bonchev–Trinajstić information content (AvgIpc) is 2.94. The van der Waals surface area contributed by atoms with Gasteiger partial charge in [-0.05, 0) is 31.4 Å². The molecule has 0 spiro atoms. The van der Waals surface area contributed by atoms with Crippen LogP contribution in [-0.4, -0.2) is 62.7 Å². The molecule has 9 heteroatoms. The van der Waals surface area contributed by atoms with Crippen LogP contribution in [0, 0.1) is 0 Å². The number of nitrogens with one attached hydrogen (secondary N) is 1. The molecule has 0 bridgehead atoms. The standard InChI is InChI=1S/C17H27N3O4S2/c1-24-12-6-9-18-16(21)14-25-17-8-7-15(13-19-17)26(22,23)20-10-4-2-3-5-11-20/h7-8,13H,2-6,9-12,14H2,1H3,(H,18,21). The van der Waals surface area contributed by atoms with Crippen LogP contribution in [0.25, 0.3) is 0 Å². The minimum atomic E-state index is -3.48. The van der Waals surface area contributed by atoms with Crippen molar-refractivity contribution < 1.29 is 17.9 Å². The van der Waals surface area contributed by atoms with Crippen LogP contribution in [0.2, 0.25) is 0 Å². The number of aromatic nitrogens is 1. The van der Waals surface area contributed by atoms with Crippen LogP contribution in [-0.2, 0) is 19.6 Å². The van der Waals surface area contributed by atoms with Crippen LogP contribution in [0.5, 0.6) is 0 Å². The Hall–Kier alpha value is -1.16. The largest absolute Gasteiger partial charge is 0.385 e. The fourth-order valence-corrected chi connectivity index (χ4v) is 4.81. The molecule has 1 aromatic rings. The summed E-state index contributed by atoms with van der Waals surface area (Å²) >= 11 is 1.29. The number of rotatable bonds is 9. The number of carbonyl (C=O) groups is 1. The van der Waals surface area contributed by atoms with Gasteiger partial charge in [0.05, 0.1) is 10.8 Å². The van der Waals surface area contributed by atoms with Gasteiger partial charge >= 0.3 is 0 Å². The second-order valence-electron chi connectivity index (χ2n) is 6.14. The Morgan fingerprint density at radius 1 is 1.27 bits per heavy atom. The van der Waals surface area contributed by atoms with Crippen molar-refractivity contribution in [2.45, 2.75) is 42.0 Å². The minimum Gasteiger partial charge on any atom is -0.385 e. The van der Waals surface area contributed by atoms with Crippen molar-refractivity contribution in [3.05, 3.63) is 18.3 Å². The van der Waals surface area contributed by atoms with Gasteiger partial charge in [0.25, 0.3) is 0 Å². The molecule has 1 aliphatic rings. The number of ether oxygens (including phenoxy) is 1. The molecule has 0 saturated carbocycles. The monoisotopic (exact) mass is 401 g/mol. The summed E-state index contributed by atoms with van der Waals surface area (Å²) in [5.74, 6) is 0.173. The van der Waals surface area contributed by atoms with E-state index < -0.39 is 10.0 Å². The van der Waals surface area contributed by atoms with E-state index in [0.717, 1.165) is 32.1 Å². The number of nitrogens with zero attached hydrogens (tertiary/aromatic N) is 2. The van der Waals surface area contributed by atoms with Crippen LogP contribution in [0.15, 0.2) is 28.3 Å². The summed E-state index contributed by atoms with van der Waals surface area (Å²) in [6.07, 6.45) is 6.12. The van der Waals surface area contributed by atoms with Crippen molar-refractivity contribution in [1.82, 2.24) is 14.6 Å². The summed E-state index contributed by atoms with van der Waals surface area (Å²) < 4.78 is 31.9. The summed E-state index contributed by atoms with van der Waals surface area (Å²) in [6, 6.07) is 3.24. The first-order chi connectivity index (χ1) is 12.5. The number of amides is 1. The molecule has 7 nitrogen and oxygen atoms in total. The SMILES string of the molecule is COCCCNC(=O)CSc1ccc(S(=O)(=O)N2CCCCCC2)cn1. The van der Waals surface area contributed by atoms with Crippen molar-refractivity contribution in [3.8, 4) is 0 Å². The number of thioether (sulfide) groups is 1. The predicted octanol–water partition coefficient (Wildman–Crippen LogP) is 1.89. The Morgan fingerprint density at radius 3 is 2.62 bits per heavy atom. The van der Waals surface area contributed by atoms with E-state index in [1.54, 1.807) is 23.5 Å². The first kappa shape index (κ1) is 21.1. The van der Waals surface area contributed by atoms with E-state index in [0.29, 0.717) is 31.3 Å². The van der Waals surface area contributed by atoms with Crippen molar-refractivity contribution in [1.29, 1.82) is 0 Å². The first-order valence-corrected chi connectivity index (χ1v) is 11.3. The van der Waals surface area contributed by atoms with Gasteiger partial charge < -0.3 is 10.1 Å². The van der Waals surface area contributed by atoms with Crippen molar-refractivity contribution in [2.75, 3.05) is 39.1 Å². The molecule has 2 heterocycles. The number of methoxy groups -OCH3 is 1. The van der Waals surface area contributed by atoms with Crippen LogP contribution in [0.4, 0.5) is 0 Å². The van der Waals surface area contributed by atoms with Crippen LogP contribution in [0.3, 0.4) is 0 Å². The number of sulfonamides is 1. The van der Waals surface area contributed by atoms with Gasteiger partial charge in [0.2, 0.25) is 15.9 Å². The number of carbonyl (C=O) groups excluding carboxylic acids is 1. The average molecular weight is 402 g/mol. The Kier molecular flexibility index (Phi) is 8.83. The predicted molar refractivity (Wildman–Crippen MR) is 102 cm³/mol. The van der Waals surface area contributed by atoms with E-state index in [1.807, 2.05) is 0 Å². The van der Waals surface area contributed by atoms with E-state index in [9.17, 15) is 13.2 Å². The highest BCUT2D eigenvalue weighted by Crippen LogP contribution is 2.22. The summed E-state index contributed by atoms with van der Waals surface area (Å²) in [5.41, 5.74) is 0. The van der Waals surface area contributed by atoms with Gasteiger partial charge in [0.1, 0.15) is 4.90 Å². The third-order valence-electron chi connectivity index (χ3n) is 4.11. The molecule has 0 aliphatic carbocycles. The molecular formula is C17H27N3O4S2. The molecule has 1 N–H and O–H groups in total. The van der Waals surface area contributed by atoms with E-state index in [2.05, 4.69) is 10.3 Å². The lowest BCUT2D eigenvalue weighted by molar-refractivity contribution is -0.118. The molecule has 0 atom stereocenters. The quantitative estimate of drug-likeness (QED) is 0.502. The Bertz CT molecular complexity index is 657. The number of pyridine rings is 1. The molecule has 1 fully saturated rings. The van der Waals surface area contributed by atoms with Crippen molar-refractivity contribution >= 4 is 27.7 Å². The van der Waals surface area contributed by atoms with E-state index >= 15 is 0 Å². The van der Waals surface area contributed by atoms with E-state index in [4.69, 9.17) is 4.74 Å². The van der Waals surface area contributed by atoms with Gasteiger partial charge in [-0.2, -0.15) is 4.31 Å². The Labute approximate surface area is 159 Å². The highest BCUT2D eigenvalue weighted by Gasteiger charge is 2.25. The highest BCUT2D eigenvalue weighted by atomic mass is 32.2. The van der Waals surface area contributed by atoms with Crippen LogP contribution >= 0.6 is 11.8 Å². The number of hydrogen-bond donors (Lipinski definition) is 1. The molecule has 1 saturated heterocycles. The Balaban J connectivity index is 1.86. The van der Waals surface area contributed by atoms with Crippen LogP contribution in [0.1, 0.15) is 32.1 Å². The fraction of sp³-hybridized carbons (Fsp3) is 0.647. The van der Waals surface area contributed by atoms with Crippen molar-refractivity contribution in [3.63, 3.8) is 0 Å². The van der Waals surface area contributed by atoms with Gasteiger partial charge in [0, 0.05) is 39.5 Å². The highest BCUT2D eigenvalue weighted by molar-refractivity contribution is 7.99. The van der Waals surface area contributed by atoms with Gasteiger partial charge in [-0.15, -0.1) is 0 Å². The van der Waals surface area contributed by atoms with Gasteiger partial charge in [-0.1, -0.05) is 24.6 Å². The molecule has 1 aliphatic heterocycles. The number of hydrogen-bond acceptors (Lipinski definition) is 6. The van der Waals surface area contributed by atoms with E-state index in [1.165, 1.54) is 18.0 Å². The Morgan fingerprint density at radius 2 is 2.00 bits per heavy atom. The van der Waals surface area contributed by atoms with E-state index in [-0.39, 0.29) is 16.6 Å². The first-order valence-electron chi connectivity index (χ1n) is 8.88. The maximum atomic E-state index is 12.7. The molecular weight excluding hydrogens is 374 g/mol. The fourth-order valence-electron chi connectivity index (χ4n) is 2.67.